The van der Waals surface area contributed by atoms with Crippen LogP contribution in [0.15, 0.2) is 82.1 Å². The van der Waals surface area contributed by atoms with Crippen molar-refractivity contribution >= 4 is 21.8 Å². The van der Waals surface area contributed by atoms with E-state index in [1.54, 1.807) is 6.07 Å². The van der Waals surface area contributed by atoms with Crippen LogP contribution in [0, 0.1) is 0 Å². The van der Waals surface area contributed by atoms with E-state index in [1.165, 1.54) is 6.26 Å². The number of amides is 1. The second kappa shape index (κ2) is 6.42. The molecule has 0 aliphatic rings. The van der Waals surface area contributed by atoms with Gasteiger partial charge >= 0.3 is 0 Å². The Bertz CT molecular complexity index is 757. The molecule has 116 valence electrons. The molecule has 1 N–H and O–H groups in total. The number of hydrogen-bond donors (Lipinski definition) is 1. The number of halogens is 1. The van der Waals surface area contributed by atoms with E-state index in [0.29, 0.717) is 10.2 Å². The number of nitrogens with one attached hydrogen (secondary N) is 1. The van der Waals surface area contributed by atoms with Crippen molar-refractivity contribution in [3.8, 4) is 0 Å². The SMILES string of the molecule is CC(NC(=O)c1coc(Br)c1)(c1ccccc1)c1ccccc1. The highest BCUT2D eigenvalue weighted by atomic mass is 79.9. The summed E-state index contributed by atoms with van der Waals surface area (Å²) in [5, 5.41) is 3.14. The number of furan rings is 1. The minimum Gasteiger partial charge on any atom is -0.457 e. The van der Waals surface area contributed by atoms with Gasteiger partial charge in [0, 0.05) is 6.07 Å². The number of hydrogen-bond acceptors (Lipinski definition) is 2. The minimum absolute atomic E-state index is 0.186. The van der Waals surface area contributed by atoms with Gasteiger partial charge in [0.05, 0.1) is 11.1 Å². The fraction of sp³-hybridized carbons (Fsp3) is 0.105. The van der Waals surface area contributed by atoms with Gasteiger partial charge in [0.1, 0.15) is 6.26 Å². The fourth-order valence-electron chi connectivity index (χ4n) is 2.58. The molecule has 0 saturated heterocycles. The lowest BCUT2D eigenvalue weighted by Gasteiger charge is -2.32. The molecule has 3 nitrogen and oxygen atoms in total. The fourth-order valence-corrected chi connectivity index (χ4v) is 2.92. The number of carbonyl (C=O) groups excluding carboxylic acids is 1. The lowest BCUT2D eigenvalue weighted by atomic mass is 9.84. The molecule has 1 heterocycles. The number of rotatable bonds is 4. The Morgan fingerprint density at radius 2 is 1.52 bits per heavy atom. The van der Waals surface area contributed by atoms with Gasteiger partial charge in [0.2, 0.25) is 0 Å². The van der Waals surface area contributed by atoms with Crippen LogP contribution in [-0.4, -0.2) is 5.91 Å². The quantitative estimate of drug-likeness (QED) is 0.721. The topological polar surface area (TPSA) is 42.2 Å². The molecule has 0 atom stereocenters. The van der Waals surface area contributed by atoms with Crippen molar-refractivity contribution in [1.82, 2.24) is 5.32 Å². The van der Waals surface area contributed by atoms with Crippen molar-refractivity contribution in [3.63, 3.8) is 0 Å². The normalized spacial score (nSPS) is 11.2. The van der Waals surface area contributed by atoms with E-state index in [4.69, 9.17) is 4.42 Å². The third-order valence-corrected chi connectivity index (χ3v) is 4.31. The summed E-state index contributed by atoms with van der Waals surface area (Å²) < 4.78 is 5.70. The van der Waals surface area contributed by atoms with Crippen molar-refractivity contribution < 1.29 is 9.21 Å². The molecular weight excluding hydrogens is 354 g/mol. The van der Waals surface area contributed by atoms with E-state index < -0.39 is 5.54 Å². The molecule has 0 aliphatic heterocycles. The molecule has 3 aromatic rings. The van der Waals surface area contributed by atoms with E-state index in [9.17, 15) is 4.79 Å². The van der Waals surface area contributed by atoms with E-state index >= 15 is 0 Å². The Balaban J connectivity index is 2.01. The molecule has 0 unspecified atom stereocenters. The maximum atomic E-state index is 12.6. The first-order valence-corrected chi connectivity index (χ1v) is 8.06. The van der Waals surface area contributed by atoms with Gasteiger partial charge in [-0.15, -0.1) is 0 Å². The summed E-state index contributed by atoms with van der Waals surface area (Å²) in [6, 6.07) is 21.5. The van der Waals surface area contributed by atoms with Crippen molar-refractivity contribution in [3.05, 3.63) is 94.4 Å². The van der Waals surface area contributed by atoms with Crippen LogP contribution < -0.4 is 5.32 Å². The zero-order valence-electron chi connectivity index (χ0n) is 12.6. The Kier molecular flexibility index (Phi) is 4.35. The van der Waals surface area contributed by atoms with Gasteiger partial charge < -0.3 is 9.73 Å². The predicted molar refractivity (Wildman–Crippen MR) is 93.2 cm³/mol. The minimum atomic E-state index is -0.636. The van der Waals surface area contributed by atoms with Gasteiger partial charge in [-0.3, -0.25) is 4.79 Å². The molecule has 0 fully saturated rings. The molecule has 0 aliphatic carbocycles. The lowest BCUT2D eigenvalue weighted by Crippen LogP contribution is -2.44. The predicted octanol–water partition coefficient (Wildman–Crippen LogP) is 4.74. The first kappa shape index (κ1) is 15.6. The van der Waals surface area contributed by atoms with Gasteiger partial charge in [-0.05, 0) is 34.0 Å². The molecule has 4 heteroatoms. The number of carbonyl (C=O) groups is 1. The highest BCUT2D eigenvalue weighted by Crippen LogP contribution is 2.29. The maximum Gasteiger partial charge on any atom is 0.255 e. The summed E-state index contributed by atoms with van der Waals surface area (Å²) in [6.45, 7) is 2.00. The lowest BCUT2D eigenvalue weighted by molar-refractivity contribution is 0.0918. The van der Waals surface area contributed by atoms with Crippen LogP contribution in [0.3, 0.4) is 0 Å². The Morgan fingerprint density at radius 3 is 1.96 bits per heavy atom. The van der Waals surface area contributed by atoms with E-state index in [0.717, 1.165) is 11.1 Å². The van der Waals surface area contributed by atoms with Crippen molar-refractivity contribution in [2.75, 3.05) is 0 Å². The molecule has 2 aromatic carbocycles. The van der Waals surface area contributed by atoms with E-state index in [-0.39, 0.29) is 5.91 Å². The van der Waals surface area contributed by atoms with Gasteiger partial charge in [0.25, 0.3) is 5.91 Å². The monoisotopic (exact) mass is 369 g/mol. The summed E-state index contributed by atoms with van der Waals surface area (Å²) >= 11 is 3.22. The second-order valence-corrected chi connectivity index (χ2v) is 6.23. The van der Waals surface area contributed by atoms with Crippen LogP contribution in [0.2, 0.25) is 0 Å². The summed E-state index contributed by atoms with van der Waals surface area (Å²) in [7, 11) is 0. The van der Waals surface area contributed by atoms with Crippen LogP contribution >= 0.6 is 15.9 Å². The van der Waals surface area contributed by atoms with E-state index in [1.807, 2.05) is 67.6 Å². The van der Waals surface area contributed by atoms with Gasteiger partial charge in [-0.2, -0.15) is 0 Å². The van der Waals surface area contributed by atoms with E-state index in [2.05, 4.69) is 21.2 Å². The molecule has 0 radical (unpaired) electrons. The average Bonchev–Trinajstić information content (AvgIpc) is 3.03. The molecule has 23 heavy (non-hydrogen) atoms. The summed E-state index contributed by atoms with van der Waals surface area (Å²) in [4.78, 5) is 12.6. The Morgan fingerprint density at radius 1 is 1.00 bits per heavy atom. The van der Waals surface area contributed by atoms with Gasteiger partial charge in [-0.25, -0.2) is 0 Å². The number of benzene rings is 2. The maximum absolute atomic E-state index is 12.6. The van der Waals surface area contributed by atoms with Gasteiger partial charge in [0.15, 0.2) is 4.67 Å². The van der Waals surface area contributed by atoms with Crippen molar-refractivity contribution in [1.29, 1.82) is 0 Å². The zero-order valence-corrected chi connectivity index (χ0v) is 14.2. The molecule has 1 amide bonds. The van der Waals surface area contributed by atoms with Gasteiger partial charge in [-0.1, -0.05) is 60.7 Å². The molecular formula is C19H16BrNO2. The summed E-state index contributed by atoms with van der Waals surface area (Å²) in [5.74, 6) is -0.186. The third-order valence-electron chi connectivity index (χ3n) is 3.90. The standard InChI is InChI=1S/C19H16BrNO2/c1-19(15-8-4-2-5-9-15,16-10-6-3-7-11-16)21-18(22)14-12-17(20)23-13-14/h2-13H,1H3,(H,21,22). The molecule has 1 aromatic heterocycles. The molecule has 0 bridgehead atoms. The Hall–Kier alpha value is -2.33. The molecule has 3 rings (SSSR count). The summed E-state index contributed by atoms with van der Waals surface area (Å²) in [6.07, 6.45) is 1.44. The van der Waals surface area contributed by atoms with Crippen LogP contribution in [-0.2, 0) is 5.54 Å². The van der Waals surface area contributed by atoms with Crippen LogP contribution in [0.4, 0.5) is 0 Å². The van der Waals surface area contributed by atoms with Crippen molar-refractivity contribution in [2.24, 2.45) is 0 Å². The molecule has 0 saturated carbocycles. The highest BCUT2D eigenvalue weighted by molar-refractivity contribution is 9.10. The van der Waals surface area contributed by atoms with Crippen LogP contribution in [0.5, 0.6) is 0 Å². The first-order chi connectivity index (χ1) is 11.1. The zero-order chi connectivity index (χ0) is 16.3. The third kappa shape index (κ3) is 3.22. The van der Waals surface area contributed by atoms with Crippen LogP contribution in [0.25, 0.3) is 0 Å². The summed E-state index contributed by atoms with van der Waals surface area (Å²) in [5.41, 5.74) is 1.88. The highest BCUT2D eigenvalue weighted by Gasteiger charge is 2.31. The van der Waals surface area contributed by atoms with Crippen LogP contribution in [0.1, 0.15) is 28.4 Å². The largest absolute Gasteiger partial charge is 0.457 e. The average molecular weight is 370 g/mol. The first-order valence-electron chi connectivity index (χ1n) is 7.27. The Labute approximate surface area is 143 Å². The second-order valence-electron chi connectivity index (χ2n) is 5.45. The van der Waals surface area contributed by atoms with Crippen molar-refractivity contribution in [2.45, 2.75) is 12.5 Å². The smallest absolute Gasteiger partial charge is 0.255 e. The molecule has 0 spiro atoms.